The lowest BCUT2D eigenvalue weighted by Crippen LogP contribution is -2.15. The fraction of sp³-hybridized carbons (Fsp3) is 0.176. The highest BCUT2D eigenvalue weighted by Crippen LogP contribution is 2.20. The molecule has 0 fully saturated rings. The second kappa shape index (κ2) is 7.09. The van der Waals surface area contributed by atoms with Crippen molar-refractivity contribution in [1.29, 1.82) is 0 Å². The van der Waals surface area contributed by atoms with Crippen molar-refractivity contribution < 1.29 is 22.8 Å². The first-order chi connectivity index (χ1) is 10.9. The third-order valence-electron chi connectivity index (χ3n) is 3.26. The number of carbonyl (C=O) groups excluding carboxylic acids is 2. The molecule has 2 rings (SSSR count). The monoisotopic (exact) mass is 321 g/mol. The smallest absolute Gasteiger partial charge is 0.224 e. The SMILES string of the molecule is Cc1ccc(C(=O)CCC(=O)Nc2ccc(F)c(F)c2F)cc1. The maximum absolute atomic E-state index is 13.4. The quantitative estimate of drug-likeness (QED) is 0.668. The Labute approximate surface area is 131 Å². The third kappa shape index (κ3) is 4.18. The summed E-state index contributed by atoms with van der Waals surface area (Å²) in [5, 5.41) is 2.12. The number of ketones is 1. The molecule has 120 valence electrons. The lowest BCUT2D eigenvalue weighted by Gasteiger charge is -2.07. The molecule has 2 aromatic carbocycles. The van der Waals surface area contributed by atoms with E-state index in [0.29, 0.717) is 11.6 Å². The highest BCUT2D eigenvalue weighted by atomic mass is 19.2. The molecule has 1 N–H and O–H groups in total. The van der Waals surface area contributed by atoms with Crippen LogP contribution in [0.15, 0.2) is 36.4 Å². The van der Waals surface area contributed by atoms with E-state index in [1.807, 2.05) is 6.92 Å². The molecule has 1 amide bonds. The number of benzene rings is 2. The predicted molar refractivity (Wildman–Crippen MR) is 79.7 cm³/mol. The molecule has 0 aliphatic heterocycles. The maximum Gasteiger partial charge on any atom is 0.224 e. The van der Waals surface area contributed by atoms with Crippen molar-refractivity contribution in [2.75, 3.05) is 5.32 Å². The number of Topliss-reactive ketones (excluding diaryl/α,β-unsaturated/α-hetero) is 1. The second-order valence-electron chi connectivity index (χ2n) is 5.06. The van der Waals surface area contributed by atoms with Crippen LogP contribution in [-0.4, -0.2) is 11.7 Å². The second-order valence-corrected chi connectivity index (χ2v) is 5.06. The van der Waals surface area contributed by atoms with Gasteiger partial charge in [-0.05, 0) is 19.1 Å². The minimum absolute atomic E-state index is 0.0693. The summed E-state index contributed by atoms with van der Waals surface area (Å²) in [7, 11) is 0. The first kappa shape index (κ1) is 16.7. The van der Waals surface area contributed by atoms with E-state index in [4.69, 9.17) is 0 Å². The van der Waals surface area contributed by atoms with Gasteiger partial charge < -0.3 is 5.32 Å². The van der Waals surface area contributed by atoms with Crippen molar-refractivity contribution in [3.05, 3.63) is 65.0 Å². The van der Waals surface area contributed by atoms with E-state index in [1.54, 1.807) is 24.3 Å². The van der Waals surface area contributed by atoms with Crippen molar-refractivity contribution in [3.63, 3.8) is 0 Å². The highest BCUT2D eigenvalue weighted by Gasteiger charge is 2.16. The van der Waals surface area contributed by atoms with E-state index in [0.717, 1.165) is 11.6 Å². The molecule has 6 heteroatoms. The van der Waals surface area contributed by atoms with Crippen LogP contribution in [0.3, 0.4) is 0 Å². The fourth-order valence-electron chi connectivity index (χ4n) is 1.95. The molecule has 0 heterocycles. The maximum atomic E-state index is 13.4. The van der Waals surface area contributed by atoms with Gasteiger partial charge in [0.2, 0.25) is 5.91 Å². The third-order valence-corrected chi connectivity index (χ3v) is 3.26. The summed E-state index contributed by atoms with van der Waals surface area (Å²) in [6.07, 6.45) is -0.259. The Morgan fingerprint density at radius 2 is 1.57 bits per heavy atom. The van der Waals surface area contributed by atoms with Crippen LogP contribution >= 0.6 is 0 Å². The Bertz CT molecular complexity index is 742. The molecule has 0 radical (unpaired) electrons. The Balaban J connectivity index is 1.94. The normalized spacial score (nSPS) is 10.4. The van der Waals surface area contributed by atoms with Gasteiger partial charge in [0.1, 0.15) is 0 Å². The number of halogens is 3. The topological polar surface area (TPSA) is 46.2 Å². The summed E-state index contributed by atoms with van der Waals surface area (Å²) in [6.45, 7) is 1.89. The van der Waals surface area contributed by atoms with Gasteiger partial charge in [-0.1, -0.05) is 29.8 Å². The largest absolute Gasteiger partial charge is 0.323 e. The van der Waals surface area contributed by atoms with Gasteiger partial charge in [-0.15, -0.1) is 0 Å². The fourth-order valence-corrected chi connectivity index (χ4v) is 1.95. The van der Waals surface area contributed by atoms with E-state index in [1.165, 1.54) is 0 Å². The van der Waals surface area contributed by atoms with Crippen LogP contribution in [-0.2, 0) is 4.79 Å². The number of carbonyl (C=O) groups is 2. The van der Waals surface area contributed by atoms with E-state index in [-0.39, 0.29) is 18.6 Å². The van der Waals surface area contributed by atoms with Crippen LogP contribution in [0.2, 0.25) is 0 Å². The van der Waals surface area contributed by atoms with E-state index >= 15 is 0 Å². The number of aryl methyl sites for hydroxylation is 1. The number of anilines is 1. The molecule has 0 saturated heterocycles. The summed E-state index contributed by atoms with van der Waals surface area (Å²) >= 11 is 0. The molecule has 0 unspecified atom stereocenters. The van der Waals surface area contributed by atoms with Gasteiger partial charge in [0.15, 0.2) is 23.2 Å². The van der Waals surface area contributed by atoms with E-state index in [2.05, 4.69) is 5.32 Å². The summed E-state index contributed by atoms with van der Waals surface area (Å²) in [4.78, 5) is 23.6. The lowest BCUT2D eigenvalue weighted by atomic mass is 10.0. The molecule has 0 aliphatic carbocycles. The number of nitrogens with one attached hydrogen (secondary N) is 1. The number of amides is 1. The number of rotatable bonds is 5. The Kier molecular flexibility index (Phi) is 5.16. The van der Waals surface area contributed by atoms with Crippen molar-refractivity contribution in [3.8, 4) is 0 Å². The predicted octanol–water partition coefficient (Wildman–Crippen LogP) is 4.01. The van der Waals surface area contributed by atoms with Gasteiger partial charge in [-0.3, -0.25) is 9.59 Å². The zero-order valence-electron chi connectivity index (χ0n) is 12.3. The Hall–Kier alpha value is -2.63. The van der Waals surface area contributed by atoms with E-state index in [9.17, 15) is 22.8 Å². The number of hydrogen-bond acceptors (Lipinski definition) is 2. The van der Waals surface area contributed by atoms with Crippen LogP contribution in [0, 0.1) is 24.4 Å². The van der Waals surface area contributed by atoms with Crippen LogP contribution in [0.25, 0.3) is 0 Å². The lowest BCUT2D eigenvalue weighted by molar-refractivity contribution is -0.116. The molecule has 0 atom stereocenters. The first-order valence-corrected chi connectivity index (χ1v) is 6.91. The van der Waals surface area contributed by atoms with Gasteiger partial charge in [0.25, 0.3) is 0 Å². The first-order valence-electron chi connectivity index (χ1n) is 6.91. The number of hydrogen-bond donors (Lipinski definition) is 1. The van der Waals surface area contributed by atoms with Gasteiger partial charge >= 0.3 is 0 Å². The van der Waals surface area contributed by atoms with Gasteiger partial charge in [0, 0.05) is 18.4 Å². The molecule has 23 heavy (non-hydrogen) atoms. The van der Waals surface area contributed by atoms with Crippen LogP contribution in [0.1, 0.15) is 28.8 Å². The van der Waals surface area contributed by atoms with Crippen LogP contribution in [0.5, 0.6) is 0 Å². The minimum atomic E-state index is -1.65. The molecular formula is C17H14F3NO2. The molecule has 2 aromatic rings. The standard InChI is InChI=1S/C17H14F3NO2/c1-10-2-4-11(5-3-10)14(22)8-9-15(23)21-13-7-6-12(18)16(19)17(13)20/h2-7H,8-9H2,1H3,(H,21,23). The van der Waals surface area contributed by atoms with Crippen molar-refractivity contribution >= 4 is 17.4 Å². The molecular weight excluding hydrogens is 307 g/mol. The van der Waals surface area contributed by atoms with Gasteiger partial charge in [-0.25, -0.2) is 13.2 Å². The van der Waals surface area contributed by atoms with Gasteiger partial charge in [-0.2, -0.15) is 0 Å². The Morgan fingerprint density at radius 1 is 0.913 bits per heavy atom. The van der Waals surface area contributed by atoms with Crippen molar-refractivity contribution in [1.82, 2.24) is 0 Å². The zero-order chi connectivity index (χ0) is 17.0. The molecule has 0 aromatic heterocycles. The molecule has 0 spiro atoms. The van der Waals surface area contributed by atoms with Gasteiger partial charge in [0.05, 0.1) is 5.69 Å². The van der Waals surface area contributed by atoms with Crippen molar-refractivity contribution in [2.24, 2.45) is 0 Å². The van der Waals surface area contributed by atoms with E-state index < -0.39 is 29.0 Å². The summed E-state index contributed by atoms with van der Waals surface area (Å²) in [6, 6.07) is 8.52. The summed E-state index contributed by atoms with van der Waals surface area (Å²) in [5.41, 5.74) is 1.02. The molecule has 0 saturated carbocycles. The average Bonchev–Trinajstić information content (AvgIpc) is 2.54. The molecule has 0 bridgehead atoms. The van der Waals surface area contributed by atoms with Crippen LogP contribution in [0.4, 0.5) is 18.9 Å². The van der Waals surface area contributed by atoms with Crippen molar-refractivity contribution in [2.45, 2.75) is 19.8 Å². The summed E-state index contributed by atoms with van der Waals surface area (Å²) in [5.74, 6) is -5.35. The van der Waals surface area contributed by atoms with Crippen LogP contribution < -0.4 is 5.32 Å². The molecule has 0 aliphatic rings. The average molecular weight is 321 g/mol. The minimum Gasteiger partial charge on any atom is -0.323 e. The summed E-state index contributed by atoms with van der Waals surface area (Å²) < 4.78 is 39.3. The Morgan fingerprint density at radius 3 is 2.22 bits per heavy atom. The zero-order valence-corrected chi connectivity index (χ0v) is 12.3. The molecule has 3 nitrogen and oxygen atoms in total. The highest BCUT2D eigenvalue weighted by molar-refractivity contribution is 6.00.